The van der Waals surface area contributed by atoms with Crippen molar-refractivity contribution in [1.82, 2.24) is 10.7 Å². The molecule has 1 aromatic carbocycles. The Labute approximate surface area is 163 Å². The zero-order chi connectivity index (χ0) is 18.5. The van der Waals surface area contributed by atoms with Crippen LogP contribution in [0.1, 0.15) is 11.3 Å². The van der Waals surface area contributed by atoms with E-state index in [1.165, 1.54) is 23.1 Å². The van der Waals surface area contributed by atoms with Gasteiger partial charge in [-0.1, -0.05) is 42.1 Å². The molecule has 1 fully saturated rings. The molecule has 26 heavy (non-hydrogen) atoms. The summed E-state index contributed by atoms with van der Waals surface area (Å²) in [6.07, 6.45) is 0.0714. The number of halogens is 1. The number of nitrogens with one attached hydrogen (secondary N) is 3. The number of rotatable bonds is 5. The molecule has 0 bridgehead atoms. The Bertz CT molecular complexity index is 867. The molecule has 0 aliphatic carbocycles. The number of thioether (sulfide) groups is 1. The Hall–Kier alpha value is -2.29. The van der Waals surface area contributed by atoms with Gasteiger partial charge in [-0.2, -0.15) is 0 Å². The zero-order valence-electron chi connectivity index (χ0n) is 13.5. The molecular weight excluding hydrogens is 392 g/mol. The first kappa shape index (κ1) is 18.5. The standard InChI is InChI=1S/C17H15ClN4O2S2/c1-10(13-6-3-7-25-13)21-22-17-20-15(23)9-14(26-17)16(24)19-12-5-2-4-11(18)8-12/h2-8,14,21H,1,9H2,(H,19,24)(H,20,22,23)/t14-/m1/s1. The summed E-state index contributed by atoms with van der Waals surface area (Å²) in [5.41, 5.74) is 4.01. The van der Waals surface area contributed by atoms with Crippen LogP contribution in [0.3, 0.4) is 0 Å². The van der Waals surface area contributed by atoms with Crippen LogP contribution in [0.5, 0.6) is 0 Å². The fraction of sp³-hybridized carbons (Fsp3) is 0.118. The van der Waals surface area contributed by atoms with E-state index in [1.807, 2.05) is 17.5 Å². The molecule has 0 spiro atoms. The maximum absolute atomic E-state index is 12.4. The van der Waals surface area contributed by atoms with Gasteiger partial charge < -0.3 is 10.6 Å². The van der Waals surface area contributed by atoms with Gasteiger partial charge in [0.05, 0.1) is 10.6 Å². The number of benzene rings is 1. The van der Waals surface area contributed by atoms with Crippen LogP contribution in [-0.2, 0) is 9.59 Å². The molecule has 2 aromatic rings. The first-order chi connectivity index (χ1) is 12.5. The minimum atomic E-state index is -0.585. The van der Waals surface area contributed by atoms with Gasteiger partial charge >= 0.3 is 0 Å². The fourth-order valence-electron chi connectivity index (χ4n) is 2.16. The number of thiophene rings is 1. The molecule has 0 radical (unpaired) electrons. The molecule has 3 rings (SSSR count). The Kier molecular flexibility index (Phi) is 5.97. The summed E-state index contributed by atoms with van der Waals surface area (Å²) in [4.78, 5) is 25.3. The summed E-state index contributed by atoms with van der Waals surface area (Å²) in [6, 6.07) is 10.7. The lowest BCUT2D eigenvalue weighted by Gasteiger charge is -2.22. The maximum atomic E-state index is 12.4. The van der Waals surface area contributed by atoms with Gasteiger partial charge in [-0.05, 0) is 29.6 Å². The molecule has 1 aliphatic rings. The Morgan fingerprint density at radius 1 is 1.35 bits per heavy atom. The van der Waals surface area contributed by atoms with Crippen molar-refractivity contribution in [2.45, 2.75) is 11.7 Å². The van der Waals surface area contributed by atoms with Crippen molar-refractivity contribution in [2.24, 2.45) is 5.10 Å². The van der Waals surface area contributed by atoms with E-state index >= 15 is 0 Å². The summed E-state index contributed by atoms with van der Waals surface area (Å²) < 4.78 is 0. The summed E-state index contributed by atoms with van der Waals surface area (Å²) in [6.45, 7) is 3.90. The second kappa shape index (κ2) is 8.39. The molecule has 1 aliphatic heterocycles. The third kappa shape index (κ3) is 4.87. The summed E-state index contributed by atoms with van der Waals surface area (Å²) >= 11 is 8.62. The van der Waals surface area contributed by atoms with E-state index in [-0.39, 0.29) is 18.2 Å². The maximum Gasteiger partial charge on any atom is 0.238 e. The van der Waals surface area contributed by atoms with E-state index < -0.39 is 5.25 Å². The van der Waals surface area contributed by atoms with E-state index in [0.29, 0.717) is 21.6 Å². The van der Waals surface area contributed by atoms with Gasteiger partial charge in [0.25, 0.3) is 0 Å². The van der Waals surface area contributed by atoms with Gasteiger partial charge in [0.15, 0.2) is 5.17 Å². The lowest BCUT2D eigenvalue weighted by atomic mass is 10.2. The third-order valence-electron chi connectivity index (χ3n) is 3.37. The molecule has 3 N–H and O–H groups in total. The normalized spacial score (nSPS) is 18.3. The number of hydrogen-bond acceptors (Lipinski definition) is 6. The molecular formula is C17H15ClN4O2S2. The van der Waals surface area contributed by atoms with Crippen LogP contribution in [0.2, 0.25) is 5.02 Å². The average molecular weight is 407 g/mol. The van der Waals surface area contributed by atoms with Gasteiger partial charge in [0, 0.05) is 17.1 Å². The quantitative estimate of drug-likeness (QED) is 0.664. The fourth-order valence-corrected chi connectivity index (χ4v) is 3.94. The number of carbonyl (C=O) groups excluding carboxylic acids is 2. The van der Waals surface area contributed by atoms with Gasteiger partial charge in [0.1, 0.15) is 5.25 Å². The zero-order valence-corrected chi connectivity index (χ0v) is 15.9. The Balaban J connectivity index is 1.63. The number of nitrogens with zero attached hydrogens (tertiary/aromatic N) is 1. The summed E-state index contributed by atoms with van der Waals surface area (Å²) in [5, 5.41) is 11.8. The van der Waals surface area contributed by atoms with E-state index in [4.69, 9.17) is 11.6 Å². The Morgan fingerprint density at radius 3 is 2.92 bits per heavy atom. The molecule has 2 amide bonds. The first-order valence-corrected chi connectivity index (χ1v) is 9.74. The van der Waals surface area contributed by atoms with Crippen LogP contribution >= 0.6 is 34.7 Å². The van der Waals surface area contributed by atoms with E-state index in [9.17, 15) is 9.59 Å². The van der Waals surface area contributed by atoms with Gasteiger partial charge in [0.2, 0.25) is 11.8 Å². The lowest BCUT2D eigenvalue weighted by molar-refractivity contribution is -0.123. The molecule has 0 unspecified atom stereocenters. The van der Waals surface area contributed by atoms with Crippen LogP contribution < -0.4 is 16.1 Å². The third-order valence-corrected chi connectivity index (χ3v) is 5.61. The topological polar surface area (TPSA) is 82.6 Å². The molecule has 6 nitrogen and oxygen atoms in total. The first-order valence-electron chi connectivity index (χ1n) is 7.60. The second-order valence-corrected chi connectivity index (χ2v) is 7.92. The minimum Gasteiger partial charge on any atom is -0.325 e. The van der Waals surface area contributed by atoms with Crippen LogP contribution in [0.4, 0.5) is 5.69 Å². The number of hydrogen-bond donors (Lipinski definition) is 3. The van der Waals surface area contributed by atoms with E-state index in [2.05, 4.69) is 27.7 Å². The second-order valence-electron chi connectivity index (χ2n) is 5.34. The number of hydrazone groups is 1. The largest absolute Gasteiger partial charge is 0.325 e. The highest BCUT2D eigenvalue weighted by atomic mass is 35.5. The minimum absolute atomic E-state index is 0.0714. The smallest absolute Gasteiger partial charge is 0.238 e. The monoisotopic (exact) mass is 406 g/mol. The van der Waals surface area contributed by atoms with Crippen molar-refractivity contribution in [1.29, 1.82) is 0 Å². The SMILES string of the molecule is C=C(N/N=C1\NC(=O)C[C@H](C(=O)Nc2cccc(Cl)c2)S1)c1cccs1. The van der Waals surface area contributed by atoms with Crippen molar-refractivity contribution in [3.05, 3.63) is 58.3 Å². The molecule has 2 heterocycles. The highest BCUT2D eigenvalue weighted by molar-refractivity contribution is 8.15. The van der Waals surface area contributed by atoms with Crippen molar-refractivity contribution in [3.8, 4) is 0 Å². The predicted molar refractivity (Wildman–Crippen MR) is 108 cm³/mol. The summed E-state index contributed by atoms with van der Waals surface area (Å²) in [5.74, 6) is -0.547. The highest BCUT2D eigenvalue weighted by Gasteiger charge is 2.30. The van der Waals surface area contributed by atoms with Crippen LogP contribution in [-0.4, -0.2) is 22.2 Å². The van der Waals surface area contributed by atoms with Gasteiger partial charge in [-0.25, -0.2) is 0 Å². The van der Waals surface area contributed by atoms with Gasteiger partial charge in [-0.3, -0.25) is 15.0 Å². The summed E-state index contributed by atoms with van der Waals surface area (Å²) in [7, 11) is 0. The molecule has 9 heteroatoms. The van der Waals surface area contributed by atoms with Crippen molar-refractivity contribution in [2.75, 3.05) is 5.32 Å². The molecule has 1 aromatic heterocycles. The number of carbonyl (C=O) groups is 2. The van der Waals surface area contributed by atoms with E-state index in [0.717, 1.165) is 4.88 Å². The van der Waals surface area contributed by atoms with E-state index in [1.54, 1.807) is 24.3 Å². The van der Waals surface area contributed by atoms with Crippen LogP contribution in [0.25, 0.3) is 5.70 Å². The predicted octanol–water partition coefficient (Wildman–Crippen LogP) is 3.49. The Morgan fingerprint density at radius 2 is 2.19 bits per heavy atom. The van der Waals surface area contributed by atoms with Crippen LogP contribution in [0.15, 0.2) is 53.5 Å². The number of amides is 2. The van der Waals surface area contributed by atoms with Crippen molar-refractivity contribution < 1.29 is 9.59 Å². The average Bonchev–Trinajstić information content (AvgIpc) is 3.14. The highest BCUT2D eigenvalue weighted by Crippen LogP contribution is 2.23. The molecule has 1 atom stereocenters. The van der Waals surface area contributed by atoms with Crippen molar-refractivity contribution in [3.63, 3.8) is 0 Å². The molecule has 0 saturated carbocycles. The number of anilines is 1. The number of amidine groups is 1. The van der Waals surface area contributed by atoms with Crippen LogP contribution in [0, 0.1) is 0 Å². The molecule has 1 saturated heterocycles. The van der Waals surface area contributed by atoms with Gasteiger partial charge in [-0.15, -0.1) is 16.4 Å². The van der Waals surface area contributed by atoms with Crippen molar-refractivity contribution >= 4 is 63.1 Å². The lowest BCUT2D eigenvalue weighted by Crippen LogP contribution is -2.42. The molecule has 134 valence electrons.